The second kappa shape index (κ2) is 7.57. The summed E-state index contributed by atoms with van der Waals surface area (Å²) in [6.07, 6.45) is 0. The van der Waals surface area contributed by atoms with Crippen LogP contribution in [0.1, 0.15) is 21.6 Å². The van der Waals surface area contributed by atoms with Crippen LogP contribution in [0, 0.1) is 6.92 Å². The molecule has 4 aromatic rings. The van der Waals surface area contributed by atoms with Crippen molar-refractivity contribution in [2.75, 3.05) is 5.32 Å². The SMILES string of the molecule is Cc1csc(SCc2ccccc2C(=O)Nc2nc3ccccc3s2)n1. The van der Waals surface area contributed by atoms with Crippen LogP contribution in [0.2, 0.25) is 0 Å². The first-order valence-corrected chi connectivity index (χ1v) is 10.7. The van der Waals surface area contributed by atoms with Gasteiger partial charge < -0.3 is 0 Å². The second-order valence-electron chi connectivity index (χ2n) is 5.64. The molecule has 26 heavy (non-hydrogen) atoms. The Hall–Kier alpha value is -2.22. The van der Waals surface area contributed by atoms with Gasteiger partial charge in [0.1, 0.15) is 4.34 Å². The van der Waals surface area contributed by atoms with Crippen molar-refractivity contribution in [3.8, 4) is 0 Å². The summed E-state index contributed by atoms with van der Waals surface area (Å²) in [5.74, 6) is 0.576. The Kier molecular flexibility index (Phi) is 5.01. The third kappa shape index (κ3) is 3.80. The minimum absolute atomic E-state index is 0.129. The van der Waals surface area contributed by atoms with Crippen LogP contribution in [-0.2, 0) is 5.75 Å². The van der Waals surface area contributed by atoms with Gasteiger partial charge in [0.15, 0.2) is 5.13 Å². The summed E-state index contributed by atoms with van der Waals surface area (Å²) in [5.41, 5.74) is 3.59. The summed E-state index contributed by atoms with van der Waals surface area (Å²) in [5, 5.41) is 5.59. The molecular weight excluding hydrogens is 382 g/mol. The highest BCUT2D eigenvalue weighted by Crippen LogP contribution is 2.29. The summed E-state index contributed by atoms with van der Waals surface area (Å²) in [7, 11) is 0. The van der Waals surface area contributed by atoms with Crippen molar-refractivity contribution in [2.45, 2.75) is 17.0 Å². The van der Waals surface area contributed by atoms with Crippen molar-refractivity contribution in [1.29, 1.82) is 0 Å². The van der Waals surface area contributed by atoms with Gasteiger partial charge >= 0.3 is 0 Å². The molecule has 4 rings (SSSR count). The van der Waals surface area contributed by atoms with Crippen LogP contribution >= 0.6 is 34.4 Å². The van der Waals surface area contributed by atoms with Gasteiger partial charge in [-0.1, -0.05) is 53.4 Å². The van der Waals surface area contributed by atoms with Crippen LogP contribution in [0.3, 0.4) is 0 Å². The van der Waals surface area contributed by atoms with Crippen molar-refractivity contribution >= 4 is 55.7 Å². The number of anilines is 1. The number of thioether (sulfide) groups is 1. The molecule has 0 fully saturated rings. The molecule has 0 spiro atoms. The minimum Gasteiger partial charge on any atom is -0.298 e. The number of hydrogen-bond acceptors (Lipinski definition) is 6. The number of nitrogens with zero attached hydrogens (tertiary/aromatic N) is 2. The summed E-state index contributed by atoms with van der Waals surface area (Å²) in [4.78, 5) is 21.7. The van der Waals surface area contributed by atoms with Gasteiger partial charge in [0, 0.05) is 22.4 Å². The molecule has 7 heteroatoms. The number of aryl methyl sites for hydroxylation is 1. The average Bonchev–Trinajstić information content (AvgIpc) is 3.25. The van der Waals surface area contributed by atoms with E-state index < -0.39 is 0 Å². The number of fused-ring (bicyclic) bond motifs is 1. The fourth-order valence-corrected chi connectivity index (χ4v) is 5.21. The van der Waals surface area contributed by atoms with E-state index in [0.29, 0.717) is 16.4 Å². The molecule has 0 saturated heterocycles. The lowest BCUT2D eigenvalue weighted by molar-refractivity contribution is 0.102. The van der Waals surface area contributed by atoms with Gasteiger partial charge in [-0.15, -0.1) is 11.3 Å². The topological polar surface area (TPSA) is 54.9 Å². The number of rotatable bonds is 5. The Morgan fingerprint density at radius 3 is 2.73 bits per heavy atom. The molecule has 0 aliphatic carbocycles. The lowest BCUT2D eigenvalue weighted by Gasteiger charge is -2.08. The van der Waals surface area contributed by atoms with Crippen molar-refractivity contribution in [1.82, 2.24) is 9.97 Å². The molecule has 130 valence electrons. The maximum atomic E-state index is 12.8. The fraction of sp³-hybridized carbons (Fsp3) is 0.105. The number of aromatic nitrogens is 2. The van der Waals surface area contributed by atoms with Gasteiger partial charge in [0.2, 0.25) is 0 Å². The molecule has 0 bridgehead atoms. The highest BCUT2D eigenvalue weighted by atomic mass is 32.2. The van der Waals surface area contributed by atoms with E-state index in [1.54, 1.807) is 23.1 Å². The van der Waals surface area contributed by atoms with E-state index in [-0.39, 0.29) is 5.91 Å². The van der Waals surface area contributed by atoms with Crippen molar-refractivity contribution in [2.24, 2.45) is 0 Å². The molecule has 0 unspecified atom stereocenters. The number of carbonyl (C=O) groups excluding carboxylic acids is 1. The van der Waals surface area contributed by atoms with Gasteiger partial charge in [-0.2, -0.15) is 0 Å². The molecule has 0 aliphatic rings. The van der Waals surface area contributed by atoms with E-state index in [9.17, 15) is 4.79 Å². The molecule has 2 aromatic carbocycles. The predicted octanol–water partition coefficient (Wildman–Crippen LogP) is 5.61. The molecule has 1 N–H and O–H groups in total. The summed E-state index contributed by atoms with van der Waals surface area (Å²) in [6.45, 7) is 1.99. The van der Waals surface area contributed by atoms with Gasteiger partial charge in [0.05, 0.1) is 10.2 Å². The zero-order chi connectivity index (χ0) is 17.9. The molecule has 0 atom stereocenters. The van der Waals surface area contributed by atoms with Crippen molar-refractivity contribution in [3.63, 3.8) is 0 Å². The molecular formula is C19H15N3OS3. The zero-order valence-corrected chi connectivity index (χ0v) is 16.4. The number of nitrogens with one attached hydrogen (secondary N) is 1. The quantitative estimate of drug-likeness (QED) is 0.445. The highest BCUT2D eigenvalue weighted by Gasteiger charge is 2.14. The average molecular weight is 398 g/mol. The maximum absolute atomic E-state index is 12.8. The minimum atomic E-state index is -0.129. The number of hydrogen-bond donors (Lipinski definition) is 1. The summed E-state index contributed by atoms with van der Waals surface area (Å²) >= 11 is 4.76. The number of para-hydroxylation sites is 1. The molecule has 1 amide bonds. The van der Waals surface area contributed by atoms with E-state index >= 15 is 0 Å². The van der Waals surface area contributed by atoms with E-state index in [4.69, 9.17) is 0 Å². The molecule has 2 aromatic heterocycles. The normalized spacial score (nSPS) is 11.0. The van der Waals surface area contributed by atoms with Gasteiger partial charge in [0.25, 0.3) is 5.91 Å². The molecule has 0 radical (unpaired) electrons. The second-order valence-corrected chi connectivity index (χ2v) is 8.75. The van der Waals surface area contributed by atoms with E-state index in [1.807, 2.05) is 60.8 Å². The van der Waals surface area contributed by atoms with Crippen LogP contribution in [0.5, 0.6) is 0 Å². The maximum Gasteiger partial charge on any atom is 0.257 e. The number of benzene rings is 2. The lowest BCUT2D eigenvalue weighted by Crippen LogP contribution is -2.13. The smallest absolute Gasteiger partial charge is 0.257 e. The van der Waals surface area contributed by atoms with Crippen LogP contribution in [0.15, 0.2) is 58.3 Å². The standard InChI is InChI=1S/C19H15N3OS3/c1-12-10-24-19(20-12)25-11-13-6-2-3-7-14(13)17(23)22-18-21-15-8-4-5-9-16(15)26-18/h2-10H,11H2,1H3,(H,21,22,23). The Balaban J connectivity index is 1.52. The lowest BCUT2D eigenvalue weighted by atomic mass is 10.1. The predicted molar refractivity (Wildman–Crippen MR) is 110 cm³/mol. The molecule has 4 nitrogen and oxygen atoms in total. The Morgan fingerprint density at radius 2 is 1.92 bits per heavy atom. The molecule has 0 aliphatic heterocycles. The number of thiazole rings is 2. The van der Waals surface area contributed by atoms with E-state index in [1.165, 1.54) is 11.3 Å². The number of carbonyl (C=O) groups is 1. The first-order chi connectivity index (χ1) is 12.7. The van der Waals surface area contributed by atoms with Gasteiger partial charge in [-0.3, -0.25) is 10.1 Å². The van der Waals surface area contributed by atoms with E-state index in [0.717, 1.165) is 25.8 Å². The first-order valence-electron chi connectivity index (χ1n) is 7.99. The van der Waals surface area contributed by atoms with Crippen LogP contribution in [-0.4, -0.2) is 15.9 Å². The van der Waals surface area contributed by atoms with Crippen LogP contribution in [0.25, 0.3) is 10.2 Å². The third-order valence-electron chi connectivity index (χ3n) is 3.73. The van der Waals surface area contributed by atoms with Crippen molar-refractivity contribution in [3.05, 3.63) is 70.7 Å². The zero-order valence-electron chi connectivity index (χ0n) is 13.9. The fourth-order valence-electron chi connectivity index (χ4n) is 2.50. The van der Waals surface area contributed by atoms with Gasteiger partial charge in [-0.25, -0.2) is 9.97 Å². The Labute approximate surface area is 163 Å². The number of amides is 1. The molecule has 2 heterocycles. The molecule has 0 saturated carbocycles. The van der Waals surface area contributed by atoms with E-state index in [2.05, 4.69) is 15.3 Å². The van der Waals surface area contributed by atoms with Gasteiger partial charge in [-0.05, 0) is 30.7 Å². The van der Waals surface area contributed by atoms with Crippen molar-refractivity contribution < 1.29 is 4.79 Å². The van der Waals surface area contributed by atoms with Crippen LogP contribution in [0.4, 0.5) is 5.13 Å². The first kappa shape index (κ1) is 17.2. The van der Waals surface area contributed by atoms with Crippen LogP contribution < -0.4 is 5.32 Å². The summed E-state index contributed by atoms with van der Waals surface area (Å²) < 4.78 is 2.08. The summed E-state index contributed by atoms with van der Waals surface area (Å²) in [6, 6.07) is 15.5. The Morgan fingerprint density at radius 1 is 1.12 bits per heavy atom. The third-order valence-corrected chi connectivity index (χ3v) is 6.86. The Bertz CT molecular complexity index is 1040. The largest absolute Gasteiger partial charge is 0.298 e. The highest BCUT2D eigenvalue weighted by molar-refractivity contribution is 8.00. The monoisotopic (exact) mass is 397 g/mol.